The van der Waals surface area contributed by atoms with Crippen LogP contribution in [-0.4, -0.2) is 24.4 Å². The van der Waals surface area contributed by atoms with Crippen LogP contribution in [0.25, 0.3) is 0 Å². The summed E-state index contributed by atoms with van der Waals surface area (Å²) in [5.41, 5.74) is 0. The average molecular weight is 294 g/mol. The van der Waals surface area contributed by atoms with E-state index in [-0.39, 0.29) is 17.9 Å². The highest BCUT2D eigenvalue weighted by atomic mass is 16.2. The van der Waals surface area contributed by atoms with Crippen LogP contribution in [-0.2, 0) is 9.59 Å². The Labute approximate surface area is 128 Å². The molecule has 0 radical (unpaired) electrons. The average Bonchev–Trinajstić information content (AvgIpc) is 3.13. The molecule has 1 unspecified atom stereocenters. The van der Waals surface area contributed by atoms with Gasteiger partial charge in [-0.05, 0) is 37.5 Å². The molecule has 0 aromatic carbocycles. The molecule has 0 aromatic rings. The molecule has 2 N–H and O–H groups in total. The lowest BCUT2D eigenvalue weighted by Gasteiger charge is -2.23. The zero-order chi connectivity index (χ0) is 15.1. The summed E-state index contributed by atoms with van der Waals surface area (Å²) in [6.45, 7) is 2.24. The highest BCUT2D eigenvalue weighted by Crippen LogP contribution is 2.29. The van der Waals surface area contributed by atoms with Gasteiger partial charge in [-0.2, -0.15) is 0 Å². The maximum absolute atomic E-state index is 12.3. The summed E-state index contributed by atoms with van der Waals surface area (Å²) >= 11 is 0. The smallest absolute Gasteiger partial charge is 0.242 e. The number of hydrogen-bond donors (Lipinski definition) is 2. The van der Waals surface area contributed by atoms with Crippen LogP contribution in [0.1, 0.15) is 71.1 Å². The molecular formula is C17H30N2O2. The van der Waals surface area contributed by atoms with E-state index in [1.54, 1.807) is 0 Å². The van der Waals surface area contributed by atoms with Crippen LogP contribution < -0.4 is 10.6 Å². The number of hydrogen-bond acceptors (Lipinski definition) is 2. The van der Waals surface area contributed by atoms with Crippen molar-refractivity contribution >= 4 is 11.8 Å². The fourth-order valence-electron chi connectivity index (χ4n) is 3.92. The van der Waals surface area contributed by atoms with E-state index < -0.39 is 0 Å². The molecule has 120 valence electrons. The van der Waals surface area contributed by atoms with Crippen LogP contribution in [0, 0.1) is 11.8 Å². The lowest BCUT2D eigenvalue weighted by Crippen LogP contribution is -2.50. The van der Waals surface area contributed by atoms with Gasteiger partial charge in [-0.1, -0.05) is 38.5 Å². The molecule has 0 aliphatic heterocycles. The van der Waals surface area contributed by atoms with Gasteiger partial charge in [-0.25, -0.2) is 0 Å². The Kier molecular flexibility index (Phi) is 6.52. The van der Waals surface area contributed by atoms with Crippen molar-refractivity contribution < 1.29 is 9.59 Å². The lowest BCUT2D eigenvalue weighted by atomic mass is 9.97. The van der Waals surface area contributed by atoms with Gasteiger partial charge in [0.15, 0.2) is 0 Å². The van der Waals surface area contributed by atoms with Gasteiger partial charge in [0.25, 0.3) is 0 Å². The molecule has 2 rings (SSSR count). The van der Waals surface area contributed by atoms with E-state index >= 15 is 0 Å². The first-order valence-corrected chi connectivity index (χ1v) is 8.71. The van der Waals surface area contributed by atoms with Gasteiger partial charge in [-0.3, -0.25) is 9.59 Å². The predicted molar refractivity (Wildman–Crippen MR) is 83.8 cm³/mol. The second-order valence-electron chi connectivity index (χ2n) is 6.81. The van der Waals surface area contributed by atoms with Gasteiger partial charge in [-0.15, -0.1) is 0 Å². The molecule has 2 aliphatic rings. The predicted octanol–water partition coefficient (Wildman–Crippen LogP) is 2.77. The minimum Gasteiger partial charge on any atom is -0.354 e. The number of carbonyl (C=O) groups excluding carboxylic acids is 2. The van der Waals surface area contributed by atoms with Crippen molar-refractivity contribution in [3.8, 4) is 0 Å². The molecule has 0 saturated heterocycles. The quantitative estimate of drug-likeness (QED) is 0.709. The number of amides is 2. The van der Waals surface area contributed by atoms with Crippen molar-refractivity contribution in [1.29, 1.82) is 0 Å². The Balaban J connectivity index is 1.70. The number of carbonyl (C=O) groups is 2. The first kappa shape index (κ1) is 16.3. The van der Waals surface area contributed by atoms with Crippen molar-refractivity contribution in [2.75, 3.05) is 6.54 Å². The maximum Gasteiger partial charge on any atom is 0.242 e. The second kappa shape index (κ2) is 8.40. The van der Waals surface area contributed by atoms with Gasteiger partial charge in [0.1, 0.15) is 6.04 Å². The van der Waals surface area contributed by atoms with Crippen molar-refractivity contribution in [1.82, 2.24) is 10.6 Å². The zero-order valence-electron chi connectivity index (χ0n) is 13.3. The molecule has 1 atom stereocenters. The summed E-state index contributed by atoms with van der Waals surface area (Å²) in [5, 5.41) is 5.89. The van der Waals surface area contributed by atoms with Crippen molar-refractivity contribution in [2.24, 2.45) is 11.8 Å². The fourth-order valence-corrected chi connectivity index (χ4v) is 3.92. The largest absolute Gasteiger partial charge is 0.354 e. The summed E-state index contributed by atoms with van der Waals surface area (Å²) in [7, 11) is 0. The summed E-state index contributed by atoms with van der Waals surface area (Å²) in [5.74, 6) is 1.11. The summed E-state index contributed by atoms with van der Waals surface area (Å²) in [4.78, 5) is 23.7. The van der Waals surface area contributed by atoms with Crippen LogP contribution >= 0.6 is 0 Å². The molecule has 2 fully saturated rings. The Hall–Kier alpha value is -1.06. The molecule has 2 saturated carbocycles. The molecule has 0 bridgehead atoms. The summed E-state index contributed by atoms with van der Waals surface area (Å²) in [6, 6.07) is -0.323. The fraction of sp³-hybridized carbons (Fsp3) is 0.882. The van der Waals surface area contributed by atoms with E-state index in [4.69, 9.17) is 0 Å². The molecule has 0 aromatic heterocycles. The normalized spacial score (nSPS) is 21.4. The van der Waals surface area contributed by atoms with E-state index in [9.17, 15) is 9.59 Å². The van der Waals surface area contributed by atoms with Crippen LogP contribution in [0.3, 0.4) is 0 Å². The highest BCUT2D eigenvalue weighted by Gasteiger charge is 2.31. The van der Waals surface area contributed by atoms with Crippen molar-refractivity contribution in [2.45, 2.75) is 77.2 Å². The van der Waals surface area contributed by atoms with Gasteiger partial charge < -0.3 is 10.6 Å². The van der Waals surface area contributed by atoms with Crippen LogP contribution in [0.4, 0.5) is 0 Å². The molecule has 2 amide bonds. The maximum atomic E-state index is 12.3. The third kappa shape index (κ3) is 5.33. The third-order valence-electron chi connectivity index (χ3n) is 5.08. The molecule has 4 nitrogen and oxygen atoms in total. The number of rotatable bonds is 7. The molecule has 2 aliphatic carbocycles. The highest BCUT2D eigenvalue weighted by molar-refractivity contribution is 5.87. The summed E-state index contributed by atoms with van der Waals surface area (Å²) in [6.07, 6.45) is 12.2. The standard InChI is InChI=1S/C17H30N2O2/c1-13(20)19-16(15-10-4-5-11-15)17(21)18-12-6-9-14-7-2-3-8-14/h14-16H,2-12H2,1H3,(H,18,21)(H,19,20). The Bertz CT molecular complexity index is 345. The van der Waals surface area contributed by atoms with Crippen LogP contribution in [0.15, 0.2) is 0 Å². The first-order chi connectivity index (χ1) is 10.2. The minimum atomic E-state index is -0.323. The minimum absolute atomic E-state index is 0.0171. The van der Waals surface area contributed by atoms with Gasteiger partial charge in [0.2, 0.25) is 11.8 Å². The zero-order valence-corrected chi connectivity index (χ0v) is 13.3. The topological polar surface area (TPSA) is 58.2 Å². The van der Waals surface area contributed by atoms with Gasteiger partial charge >= 0.3 is 0 Å². The first-order valence-electron chi connectivity index (χ1n) is 8.71. The monoisotopic (exact) mass is 294 g/mol. The van der Waals surface area contributed by atoms with Crippen molar-refractivity contribution in [3.63, 3.8) is 0 Å². The summed E-state index contributed by atoms with van der Waals surface area (Å²) < 4.78 is 0. The number of nitrogens with one attached hydrogen (secondary N) is 2. The molecule has 21 heavy (non-hydrogen) atoms. The molecule has 0 spiro atoms. The Morgan fingerprint density at radius 2 is 1.67 bits per heavy atom. The van der Waals surface area contributed by atoms with Crippen LogP contribution in [0.5, 0.6) is 0 Å². The van der Waals surface area contributed by atoms with Crippen LogP contribution in [0.2, 0.25) is 0 Å². The van der Waals surface area contributed by atoms with E-state index in [1.165, 1.54) is 51.9 Å². The van der Waals surface area contributed by atoms with E-state index in [2.05, 4.69) is 10.6 Å². The van der Waals surface area contributed by atoms with E-state index in [0.717, 1.165) is 31.7 Å². The SMILES string of the molecule is CC(=O)NC(C(=O)NCCCC1CCCC1)C1CCCC1. The molecule has 4 heteroatoms. The second-order valence-corrected chi connectivity index (χ2v) is 6.81. The Morgan fingerprint density at radius 1 is 1.05 bits per heavy atom. The van der Waals surface area contributed by atoms with E-state index in [1.807, 2.05) is 0 Å². The van der Waals surface area contributed by atoms with Gasteiger partial charge in [0.05, 0.1) is 0 Å². The third-order valence-corrected chi connectivity index (χ3v) is 5.08. The lowest BCUT2D eigenvalue weighted by molar-refractivity contribution is -0.129. The van der Waals surface area contributed by atoms with Crippen molar-refractivity contribution in [3.05, 3.63) is 0 Å². The van der Waals surface area contributed by atoms with E-state index in [0.29, 0.717) is 5.92 Å². The molecule has 0 heterocycles. The Morgan fingerprint density at radius 3 is 2.29 bits per heavy atom. The van der Waals surface area contributed by atoms with Gasteiger partial charge in [0, 0.05) is 13.5 Å². The molecular weight excluding hydrogens is 264 g/mol.